The Bertz CT molecular complexity index is 1160. The number of hydrogen-bond acceptors (Lipinski definition) is 3. The largest absolute Gasteiger partial charge is 0.417 e. The minimum absolute atomic E-state index is 0.0538. The average Bonchev–Trinajstić information content (AvgIpc) is 3.20. The van der Waals surface area contributed by atoms with Crippen LogP contribution in [0, 0.1) is 0 Å². The first-order valence-corrected chi connectivity index (χ1v) is 10.5. The molecule has 0 aliphatic carbocycles. The summed E-state index contributed by atoms with van der Waals surface area (Å²) in [5.41, 5.74) is 1.91. The Balaban J connectivity index is 1.80. The second kappa shape index (κ2) is 8.38. The molecule has 0 N–H and O–H groups in total. The molecule has 0 aliphatic rings. The molecule has 4 aromatic rings. The molecule has 0 aliphatic heterocycles. The first-order chi connectivity index (χ1) is 14.3. The van der Waals surface area contributed by atoms with Gasteiger partial charge in [-0.1, -0.05) is 65.7 Å². The second-order valence-electron chi connectivity index (χ2n) is 6.51. The van der Waals surface area contributed by atoms with Crippen molar-refractivity contribution in [1.82, 2.24) is 9.97 Å². The van der Waals surface area contributed by atoms with Crippen molar-refractivity contribution in [2.45, 2.75) is 12.1 Å². The second-order valence-corrected chi connectivity index (χ2v) is 8.24. The fourth-order valence-corrected chi connectivity index (χ4v) is 4.41. The van der Waals surface area contributed by atoms with Crippen LogP contribution in [-0.2, 0) is 6.18 Å². The normalized spacial score (nSPS) is 12.7. The van der Waals surface area contributed by atoms with Crippen LogP contribution in [0.4, 0.5) is 13.2 Å². The van der Waals surface area contributed by atoms with Gasteiger partial charge >= 0.3 is 6.18 Å². The van der Waals surface area contributed by atoms with Crippen LogP contribution >= 0.6 is 34.5 Å². The summed E-state index contributed by atoms with van der Waals surface area (Å²) in [6, 6.07) is 17.5. The lowest BCUT2D eigenvalue weighted by Crippen LogP contribution is -2.10. The van der Waals surface area contributed by atoms with Crippen LogP contribution in [0.2, 0.25) is 10.0 Å². The predicted octanol–water partition coefficient (Wildman–Crippen LogP) is 7.71. The molecule has 0 spiro atoms. The maximum absolute atomic E-state index is 13.0. The number of nitrogens with zero attached hydrogens (tertiary/aromatic N) is 2. The number of rotatable bonds is 4. The fraction of sp³-hybridized carbons (Fsp3) is 0.0909. The molecule has 0 saturated carbocycles. The Hall–Kier alpha value is -2.41. The number of aromatic nitrogens is 2. The molecule has 30 heavy (non-hydrogen) atoms. The first kappa shape index (κ1) is 20.8. The molecule has 4 rings (SSSR count). The van der Waals surface area contributed by atoms with Crippen molar-refractivity contribution < 1.29 is 13.2 Å². The van der Waals surface area contributed by atoms with E-state index in [1.54, 1.807) is 12.1 Å². The van der Waals surface area contributed by atoms with E-state index in [9.17, 15) is 13.2 Å². The SMILES string of the molecule is FC(F)(F)c1cnc([C@@H](c2ccccc2)c2nc(-c3ccc(Cl)cc3)cs2)c(Cl)c1. The van der Waals surface area contributed by atoms with Crippen LogP contribution in [0.25, 0.3) is 11.3 Å². The van der Waals surface area contributed by atoms with Crippen LogP contribution in [-0.4, -0.2) is 9.97 Å². The highest BCUT2D eigenvalue weighted by atomic mass is 35.5. The molecule has 2 aromatic heterocycles. The van der Waals surface area contributed by atoms with Crippen molar-refractivity contribution in [3.05, 3.63) is 104 Å². The third-order valence-electron chi connectivity index (χ3n) is 4.51. The molecule has 2 nitrogen and oxygen atoms in total. The number of thiazole rings is 1. The van der Waals surface area contributed by atoms with Crippen LogP contribution < -0.4 is 0 Å². The first-order valence-electron chi connectivity index (χ1n) is 8.82. The minimum atomic E-state index is -4.51. The molecule has 0 unspecified atom stereocenters. The Labute approximate surface area is 185 Å². The molecule has 8 heteroatoms. The summed E-state index contributed by atoms with van der Waals surface area (Å²) in [5.74, 6) is -0.493. The molecule has 0 saturated heterocycles. The molecule has 1 atom stereocenters. The van der Waals surface area contributed by atoms with E-state index >= 15 is 0 Å². The van der Waals surface area contributed by atoms with Crippen LogP contribution in [0.1, 0.15) is 27.7 Å². The standard InChI is InChI=1S/C22H13Cl2F3N2S/c23-16-8-6-13(7-9-16)18-12-30-21(29-18)19(14-4-2-1-3-5-14)20-17(24)10-15(11-28-20)22(25,26)27/h1-12,19H/t19-/m1/s1. The summed E-state index contributed by atoms with van der Waals surface area (Å²) in [4.78, 5) is 8.82. The van der Waals surface area contributed by atoms with Gasteiger partial charge in [0.25, 0.3) is 0 Å². The summed E-state index contributed by atoms with van der Waals surface area (Å²) < 4.78 is 39.1. The van der Waals surface area contributed by atoms with Crippen molar-refractivity contribution in [3.63, 3.8) is 0 Å². The lowest BCUT2D eigenvalue weighted by atomic mass is 9.95. The van der Waals surface area contributed by atoms with E-state index in [0.29, 0.717) is 15.7 Å². The van der Waals surface area contributed by atoms with Gasteiger partial charge in [-0.15, -0.1) is 11.3 Å². The Kier molecular flexibility index (Phi) is 5.82. The van der Waals surface area contributed by atoms with Crippen molar-refractivity contribution in [3.8, 4) is 11.3 Å². The van der Waals surface area contributed by atoms with Gasteiger partial charge < -0.3 is 0 Å². The monoisotopic (exact) mass is 464 g/mol. The highest BCUT2D eigenvalue weighted by molar-refractivity contribution is 7.10. The lowest BCUT2D eigenvalue weighted by Gasteiger charge is -2.17. The number of benzene rings is 2. The summed E-state index contributed by atoms with van der Waals surface area (Å²) in [5, 5.41) is 3.14. The summed E-state index contributed by atoms with van der Waals surface area (Å²) in [7, 11) is 0. The van der Waals surface area contributed by atoms with E-state index in [1.165, 1.54) is 11.3 Å². The maximum atomic E-state index is 13.0. The van der Waals surface area contributed by atoms with Crippen molar-refractivity contribution in [2.24, 2.45) is 0 Å². The summed E-state index contributed by atoms with van der Waals surface area (Å²) in [6.45, 7) is 0. The van der Waals surface area contributed by atoms with E-state index < -0.39 is 17.7 Å². The maximum Gasteiger partial charge on any atom is 0.417 e. The number of hydrogen-bond donors (Lipinski definition) is 0. The molecular formula is C22H13Cl2F3N2S. The Morgan fingerprint density at radius 2 is 1.63 bits per heavy atom. The van der Waals surface area contributed by atoms with Crippen molar-refractivity contribution in [2.75, 3.05) is 0 Å². The third-order valence-corrected chi connectivity index (χ3v) is 5.98. The van der Waals surface area contributed by atoms with Gasteiger partial charge in [0.1, 0.15) is 5.01 Å². The van der Waals surface area contributed by atoms with E-state index in [0.717, 1.165) is 29.1 Å². The molecule has 2 heterocycles. The molecule has 0 amide bonds. The Morgan fingerprint density at radius 1 is 0.933 bits per heavy atom. The molecule has 152 valence electrons. The zero-order valence-electron chi connectivity index (χ0n) is 15.2. The van der Waals surface area contributed by atoms with Crippen LogP contribution in [0.15, 0.2) is 72.2 Å². The third kappa shape index (κ3) is 4.36. The Morgan fingerprint density at radius 3 is 2.27 bits per heavy atom. The number of pyridine rings is 1. The molecule has 0 fully saturated rings. The lowest BCUT2D eigenvalue weighted by molar-refractivity contribution is -0.137. The number of halogens is 5. The zero-order chi connectivity index (χ0) is 21.3. The fourth-order valence-electron chi connectivity index (χ4n) is 3.05. The highest BCUT2D eigenvalue weighted by Gasteiger charge is 2.33. The van der Waals surface area contributed by atoms with Gasteiger partial charge in [-0.3, -0.25) is 4.98 Å². The average molecular weight is 465 g/mol. The van der Waals surface area contributed by atoms with Gasteiger partial charge in [0, 0.05) is 22.2 Å². The topological polar surface area (TPSA) is 25.8 Å². The molecular weight excluding hydrogens is 452 g/mol. The van der Waals surface area contributed by atoms with E-state index in [2.05, 4.69) is 4.98 Å². The van der Waals surface area contributed by atoms with E-state index in [1.807, 2.05) is 47.8 Å². The quantitative estimate of drug-likeness (QED) is 0.309. The smallest absolute Gasteiger partial charge is 0.258 e. The van der Waals surface area contributed by atoms with Gasteiger partial charge in [0.05, 0.1) is 27.9 Å². The highest BCUT2D eigenvalue weighted by Crippen LogP contribution is 2.39. The van der Waals surface area contributed by atoms with Crippen LogP contribution in [0.5, 0.6) is 0 Å². The zero-order valence-corrected chi connectivity index (χ0v) is 17.5. The predicted molar refractivity (Wildman–Crippen MR) is 114 cm³/mol. The number of alkyl halides is 3. The minimum Gasteiger partial charge on any atom is -0.258 e. The van der Waals surface area contributed by atoms with Gasteiger partial charge in [-0.25, -0.2) is 4.98 Å². The van der Waals surface area contributed by atoms with Crippen LogP contribution in [0.3, 0.4) is 0 Å². The van der Waals surface area contributed by atoms with Gasteiger partial charge in [0.2, 0.25) is 0 Å². The summed E-state index contributed by atoms with van der Waals surface area (Å²) >= 11 is 13.6. The van der Waals surface area contributed by atoms with Crippen molar-refractivity contribution >= 4 is 34.5 Å². The summed E-state index contributed by atoms with van der Waals surface area (Å²) in [6.07, 6.45) is -3.70. The molecule has 0 bridgehead atoms. The van der Waals surface area contributed by atoms with Crippen molar-refractivity contribution in [1.29, 1.82) is 0 Å². The van der Waals surface area contributed by atoms with Gasteiger partial charge in [0.15, 0.2) is 0 Å². The van der Waals surface area contributed by atoms with E-state index in [4.69, 9.17) is 28.2 Å². The molecule has 2 aromatic carbocycles. The van der Waals surface area contributed by atoms with E-state index in [-0.39, 0.29) is 5.02 Å². The van der Waals surface area contributed by atoms with Gasteiger partial charge in [-0.2, -0.15) is 13.2 Å². The van der Waals surface area contributed by atoms with Gasteiger partial charge in [-0.05, 0) is 23.8 Å². The molecule has 0 radical (unpaired) electrons.